The Morgan fingerprint density at radius 3 is 2.15 bits per heavy atom. The number of benzene rings is 1. The maximum atomic E-state index is 12.6. The quantitative estimate of drug-likeness (QED) is 0.706. The number of rotatable bonds is 1. The highest BCUT2D eigenvalue weighted by Crippen LogP contribution is 2.38. The number of alkyl halides is 3. The van der Waals surface area contributed by atoms with Crippen LogP contribution in [0.3, 0.4) is 0 Å². The Balaban J connectivity index is 0.000000829. The van der Waals surface area contributed by atoms with Gasteiger partial charge in [-0.3, -0.25) is 0 Å². The monoisotopic (exact) mass is 354 g/mol. The van der Waals surface area contributed by atoms with Gasteiger partial charge in [-0.2, -0.15) is 13.2 Å². The SMILES string of the molecule is CC.CC.OCc1cc(Br)c2occ(C(F)(F)F)c2c1. The second kappa shape index (κ2) is 8.32. The first-order chi connectivity index (χ1) is 9.43. The number of halogens is 4. The molecule has 0 bridgehead atoms. The molecule has 0 atom stereocenters. The van der Waals surface area contributed by atoms with Crippen LogP contribution >= 0.6 is 15.9 Å². The third-order valence-electron chi connectivity index (χ3n) is 2.18. The van der Waals surface area contributed by atoms with Crippen molar-refractivity contribution in [3.8, 4) is 0 Å². The van der Waals surface area contributed by atoms with Crippen LogP contribution < -0.4 is 0 Å². The van der Waals surface area contributed by atoms with Crippen LogP contribution in [0, 0.1) is 0 Å². The van der Waals surface area contributed by atoms with Crippen molar-refractivity contribution in [2.45, 2.75) is 40.5 Å². The molecule has 0 saturated carbocycles. The van der Waals surface area contributed by atoms with Gasteiger partial charge in [-0.1, -0.05) is 27.7 Å². The molecule has 1 N–H and O–H groups in total. The molecule has 114 valence electrons. The summed E-state index contributed by atoms with van der Waals surface area (Å²) in [5.41, 5.74) is -0.311. The minimum absolute atomic E-state index is 0.0501. The summed E-state index contributed by atoms with van der Waals surface area (Å²) in [6.07, 6.45) is -3.78. The Morgan fingerprint density at radius 1 is 1.15 bits per heavy atom. The van der Waals surface area contributed by atoms with E-state index in [4.69, 9.17) is 9.52 Å². The third-order valence-corrected chi connectivity index (χ3v) is 2.77. The lowest BCUT2D eigenvalue weighted by atomic mass is 10.1. The minimum atomic E-state index is -4.46. The zero-order valence-electron chi connectivity index (χ0n) is 11.8. The molecule has 0 aliphatic heterocycles. The van der Waals surface area contributed by atoms with E-state index in [9.17, 15) is 13.2 Å². The van der Waals surface area contributed by atoms with Gasteiger partial charge in [0.05, 0.1) is 11.1 Å². The second-order valence-electron chi connectivity index (χ2n) is 3.26. The van der Waals surface area contributed by atoms with Crippen LogP contribution in [0.1, 0.15) is 38.8 Å². The average Bonchev–Trinajstić information content (AvgIpc) is 2.87. The number of hydrogen-bond acceptors (Lipinski definition) is 2. The number of furan rings is 1. The topological polar surface area (TPSA) is 33.4 Å². The minimum Gasteiger partial charge on any atom is -0.463 e. The molecule has 1 aromatic carbocycles. The van der Waals surface area contributed by atoms with Crippen LogP contribution in [0.4, 0.5) is 13.2 Å². The van der Waals surface area contributed by atoms with Gasteiger partial charge in [-0.05, 0) is 33.6 Å². The van der Waals surface area contributed by atoms with E-state index in [-0.39, 0.29) is 17.6 Å². The molecule has 2 rings (SSSR count). The first-order valence-corrected chi connectivity index (χ1v) is 7.10. The standard InChI is InChI=1S/C10H6BrF3O2.2C2H6/c11-8-2-5(3-15)1-6-7(10(12,13)14)4-16-9(6)8;2*1-2/h1-2,4,15H,3H2;2*1-2H3. The fourth-order valence-electron chi connectivity index (χ4n) is 1.46. The van der Waals surface area contributed by atoms with E-state index in [1.807, 2.05) is 27.7 Å². The maximum Gasteiger partial charge on any atom is 0.420 e. The molecule has 0 spiro atoms. The van der Waals surface area contributed by atoms with Gasteiger partial charge in [-0.15, -0.1) is 0 Å². The number of fused-ring (bicyclic) bond motifs is 1. The molecular formula is C14H18BrF3O2. The summed E-state index contributed by atoms with van der Waals surface area (Å²) in [5.74, 6) is 0. The first kappa shape index (κ1) is 19.0. The van der Waals surface area contributed by atoms with E-state index in [1.54, 1.807) is 0 Å². The van der Waals surface area contributed by atoms with Crippen molar-refractivity contribution < 1.29 is 22.7 Å². The van der Waals surface area contributed by atoms with Crippen molar-refractivity contribution >= 4 is 26.9 Å². The Labute approximate surface area is 124 Å². The van der Waals surface area contributed by atoms with E-state index in [0.29, 0.717) is 16.3 Å². The Kier molecular flexibility index (Phi) is 7.90. The first-order valence-electron chi connectivity index (χ1n) is 6.31. The normalized spacial score (nSPS) is 10.4. The van der Waals surface area contributed by atoms with E-state index < -0.39 is 11.7 Å². The molecule has 6 heteroatoms. The molecular weight excluding hydrogens is 337 g/mol. The van der Waals surface area contributed by atoms with Crippen LogP contribution in [-0.2, 0) is 12.8 Å². The summed E-state index contributed by atoms with van der Waals surface area (Å²) >= 11 is 3.10. The number of aliphatic hydroxyl groups excluding tert-OH is 1. The van der Waals surface area contributed by atoms with Gasteiger partial charge < -0.3 is 9.52 Å². The highest BCUT2D eigenvalue weighted by atomic mass is 79.9. The molecule has 2 nitrogen and oxygen atoms in total. The predicted molar refractivity (Wildman–Crippen MR) is 77.5 cm³/mol. The molecule has 2 aromatic rings. The van der Waals surface area contributed by atoms with Crippen LogP contribution in [0.15, 0.2) is 27.3 Å². The lowest BCUT2D eigenvalue weighted by molar-refractivity contribution is -0.136. The highest BCUT2D eigenvalue weighted by Gasteiger charge is 2.35. The lowest BCUT2D eigenvalue weighted by Crippen LogP contribution is -2.03. The fourth-order valence-corrected chi connectivity index (χ4v) is 2.06. The van der Waals surface area contributed by atoms with Gasteiger partial charge >= 0.3 is 6.18 Å². The van der Waals surface area contributed by atoms with Crippen molar-refractivity contribution in [2.75, 3.05) is 0 Å². The largest absolute Gasteiger partial charge is 0.463 e. The van der Waals surface area contributed by atoms with Gasteiger partial charge in [0.25, 0.3) is 0 Å². The summed E-state index contributed by atoms with van der Waals surface area (Å²) in [7, 11) is 0. The van der Waals surface area contributed by atoms with Gasteiger partial charge in [0, 0.05) is 5.39 Å². The molecule has 1 heterocycles. The zero-order valence-corrected chi connectivity index (χ0v) is 13.4. The summed E-state index contributed by atoms with van der Waals surface area (Å²) in [6, 6.07) is 2.79. The Bertz CT molecular complexity index is 533. The summed E-state index contributed by atoms with van der Waals surface area (Å²) in [4.78, 5) is 0. The molecule has 0 unspecified atom stereocenters. The van der Waals surface area contributed by atoms with Crippen LogP contribution in [0.2, 0.25) is 0 Å². The molecule has 0 saturated heterocycles. The maximum absolute atomic E-state index is 12.6. The number of hydrogen-bond donors (Lipinski definition) is 1. The summed E-state index contributed by atoms with van der Waals surface area (Å²) < 4.78 is 43.0. The second-order valence-corrected chi connectivity index (χ2v) is 4.11. The van der Waals surface area contributed by atoms with Gasteiger partial charge in [-0.25, -0.2) is 0 Å². The smallest absolute Gasteiger partial charge is 0.420 e. The van der Waals surface area contributed by atoms with E-state index >= 15 is 0 Å². The number of aliphatic hydroxyl groups is 1. The van der Waals surface area contributed by atoms with Crippen LogP contribution in [0.5, 0.6) is 0 Å². The molecule has 0 aliphatic rings. The Morgan fingerprint density at radius 2 is 1.70 bits per heavy atom. The van der Waals surface area contributed by atoms with Crippen molar-refractivity contribution in [2.24, 2.45) is 0 Å². The molecule has 0 amide bonds. The van der Waals surface area contributed by atoms with Gasteiger partial charge in [0.1, 0.15) is 17.4 Å². The van der Waals surface area contributed by atoms with Crippen LogP contribution in [-0.4, -0.2) is 5.11 Å². The highest BCUT2D eigenvalue weighted by molar-refractivity contribution is 9.10. The van der Waals surface area contributed by atoms with E-state index in [1.165, 1.54) is 12.1 Å². The summed E-state index contributed by atoms with van der Waals surface area (Å²) in [6.45, 7) is 7.68. The zero-order chi connectivity index (χ0) is 15.9. The summed E-state index contributed by atoms with van der Waals surface area (Å²) in [5, 5.41) is 8.87. The van der Waals surface area contributed by atoms with Crippen molar-refractivity contribution in [1.82, 2.24) is 0 Å². The van der Waals surface area contributed by atoms with Crippen molar-refractivity contribution in [1.29, 1.82) is 0 Å². The molecule has 20 heavy (non-hydrogen) atoms. The predicted octanol–water partition coefficient (Wildman–Crippen LogP) is 5.76. The fraction of sp³-hybridized carbons (Fsp3) is 0.429. The molecule has 0 aliphatic carbocycles. The lowest BCUT2D eigenvalue weighted by Gasteiger charge is -2.04. The molecule has 0 radical (unpaired) electrons. The van der Waals surface area contributed by atoms with Crippen molar-refractivity contribution in [3.63, 3.8) is 0 Å². The van der Waals surface area contributed by atoms with Crippen molar-refractivity contribution in [3.05, 3.63) is 34.0 Å². The van der Waals surface area contributed by atoms with E-state index in [2.05, 4.69) is 15.9 Å². The van der Waals surface area contributed by atoms with E-state index in [0.717, 1.165) is 0 Å². The molecule has 1 aromatic heterocycles. The average molecular weight is 355 g/mol. The molecule has 0 fully saturated rings. The van der Waals surface area contributed by atoms with Gasteiger partial charge in [0.15, 0.2) is 0 Å². The third kappa shape index (κ3) is 4.24. The van der Waals surface area contributed by atoms with Gasteiger partial charge in [0.2, 0.25) is 0 Å². The van der Waals surface area contributed by atoms with Crippen LogP contribution in [0.25, 0.3) is 11.0 Å². The Hall–Kier alpha value is -1.01.